The fourth-order valence-corrected chi connectivity index (χ4v) is 3.79. The molecule has 0 saturated heterocycles. The third-order valence-electron chi connectivity index (χ3n) is 3.78. The van der Waals surface area contributed by atoms with Gasteiger partial charge in [0.1, 0.15) is 0 Å². The highest BCUT2D eigenvalue weighted by Crippen LogP contribution is 2.55. The van der Waals surface area contributed by atoms with E-state index in [0.717, 1.165) is 13.1 Å². The van der Waals surface area contributed by atoms with Crippen molar-refractivity contribution in [2.45, 2.75) is 39.0 Å². The Labute approximate surface area is 113 Å². The van der Waals surface area contributed by atoms with Crippen LogP contribution in [-0.2, 0) is 5.41 Å². The summed E-state index contributed by atoms with van der Waals surface area (Å²) in [6, 6.07) is 8.82. The fraction of sp³-hybridized carbons (Fsp3) is 0.600. The Balaban J connectivity index is 2.23. The van der Waals surface area contributed by atoms with Crippen molar-refractivity contribution < 1.29 is 0 Å². The maximum Gasteiger partial charge on any atom is 0.0178 e. The fourth-order valence-electron chi connectivity index (χ4n) is 3.39. The Hall–Kier alpha value is -0.340. The third-order valence-corrected chi connectivity index (χ3v) is 4.28. The van der Waals surface area contributed by atoms with Gasteiger partial charge >= 0.3 is 0 Å². The van der Waals surface area contributed by atoms with Crippen molar-refractivity contribution in [1.29, 1.82) is 0 Å². The first kappa shape index (κ1) is 13.1. The molecule has 0 aliphatic heterocycles. The van der Waals surface area contributed by atoms with Crippen LogP contribution < -0.4 is 5.32 Å². The highest BCUT2D eigenvalue weighted by molar-refractivity contribution is 9.10. The number of rotatable bonds is 4. The van der Waals surface area contributed by atoms with Crippen LogP contribution in [0.1, 0.15) is 39.2 Å². The van der Waals surface area contributed by atoms with Gasteiger partial charge in [-0.05, 0) is 42.5 Å². The van der Waals surface area contributed by atoms with Crippen LogP contribution in [0.3, 0.4) is 0 Å². The van der Waals surface area contributed by atoms with Crippen LogP contribution in [0.25, 0.3) is 0 Å². The number of halogens is 1. The molecule has 17 heavy (non-hydrogen) atoms. The molecule has 0 bridgehead atoms. The van der Waals surface area contributed by atoms with Crippen LogP contribution in [0.4, 0.5) is 0 Å². The van der Waals surface area contributed by atoms with Gasteiger partial charge in [-0.2, -0.15) is 0 Å². The van der Waals surface area contributed by atoms with Gasteiger partial charge in [0.05, 0.1) is 0 Å². The van der Waals surface area contributed by atoms with Gasteiger partial charge in [0.15, 0.2) is 0 Å². The second kappa shape index (κ2) is 4.74. The maximum absolute atomic E-state index is 3.58. The average molecular weight is 296 g/mol. The molecule has 1 aromatic rings. The van der Waals surface area contributed by atoms with E-state index in [1.807, 2.05) is 0 Å². The Morgan fingerprint density at radius 1 is 1.29 bits per heavy atom. The van der Waals surface area contributed by atoms with E-state index in [2.05, 4.69) is 66.3 Å². The third kappa shape index (κ3) is 2.74. The van der Waals surface area contributed by atoms with Crippen LogP contribution >= 0.6 is 15.9 Å². The molecule has 1 nitrogen and oxygen atoms in total. The normalized spacial score (nSPS) is 20.9. The largest absolute Gasteiger partial charge is 0.316 e. The Morgan fingerprint density at radius 3 is 2.53 bits per heavy atom. The van der Waals surface area contributed by atoms with E-state index in [9.17, 15) is 0 Å². The van der Waals surface area contributed by atoms with Crippen LogP contribution in [0.5, 0.6) is 0 Å². The molecule has 2 heteroatoms. The van der Waals surface area contributed by atoms with Gasteiger partial charge in [0, 0.05) is 16.4 Å². The van der Waals surface area contributed by atoms with E-state index >= 15 is 0 Å². The van der Waals surface area contributed by atoms with Gasteiger partial charge in [-0.15, -0.1) is 0 Å². The van der Waals surface area contributed by atoms with E-state index in [0.29, 0.717) is 10.8 Å². The van der Waals surface area contributed by atoms with E-state index in [-0.39, 0.29) is 0 Å². The maximum atomic E-state index is 3.58. The standard InChI is InChI=1S/C15H22BrN/c1-4-17-11-15(9-14(2,3)10-15)12-6-5-7-13(16)8-12/h5-8,17H,4,9-11H2,1-3H3. The molecule has 0 amide bonds. The smallest absolute Gasteiger partial charge is 0.0178 e. The van der Waals surface area contributed by atoms with Gasteiger partial charge in [-0.3, -0.25) is 0 Å². The number of benzene rings is 1. The first-order chi connectivity index (χ1) is 7.97. The lowest BCUT2D eigenvalue weighted by Crippen LogP contribution is -2.52. The molecular weight excluding hydrogens is 274 g/mol. The van der Waals surface area contributed by atoms with Crippen molar-refractivity contribution in [3.8, 4) is 0 Å². The molecular formula is C15H22BrN. The lowest BCUT2D eigenvalue weighted by molar-refractivity contribution is 0.0567. The highest BCUT2D eigenvalue weighted by Gasteiger charge is 2.49. The highest BCUT2D eigenvalue weighted by atomic mass is 79.9. The minimum Gasteiger partial charge on any atom is -0.316 e. The predicted molar refractivity (Wildman–Crippen MR) is 77.4 cm³/mol. The van der Waals surface area contributed by atoms with Gasteiger partial charge in [0.25, 0.3) is 0 Å². The molecule has 0 atom stereocenters. The summed E-state index contributed by atoms with van der Waals surface area (Å²) < 4.78 is 1.19. The number of hydrogen-bond donors (Lipinski definition) is 1. The first-order valence-corrected chi connectivity index (χ1v) is 7.24. The molecule has 1 fully saturated rings. The van der Waals surface area contributed by atoms with E-state index < -0.39 is 0 Å². The van der Waals surface area contributed by atoms with Gasteiger partial charge < -0.3 is 5.32 Å². The first-order valence-electron chi connectivity index (χ1n) is 6.44. The van der Waals surface area contributed by atoms with Gasteiger partial charge in [-0.1, -0.05) is 48.8 Å². The summed E-state index contributed by atoms with van der Waals surface area (Å²) >= 11 is 3.58. The summed E-state index contributed by atoms with van der Waals surface area (Å²) in [5, 5.41) is 3.53. The molecule has 1 aliphatic rings. The summed E-state index contributed by atoms with van der Waals surface area (Å²) in [6.45, 7) is 9.07. The summed E-state index contributed by atoms with van der Waals surface area (Å²) in [5.41, 5.74) is 2.33. The molecule has 0 heterocycles. The molecule has 0 aromatic heterocycles. The van der Waals surface area contributed by atoms with Crippen molar-refractivity contribution >= 4 is 15.9 Å². The second-order valence-corrected chi connectivity index (χ2v) is 7.00. The van der Waals surface area contributed by atoms with E-state index in [4.69, 9.17) is 0 Å². The summed E-state index contributed by atoms with van der Waals surface area (Å²) in [7, 11) is 0. The quantitative estimate of drug-likeness (QED) is 0.881. The van der Waals surface area contributed by atoms with Crippen LogP contribution in [-0.4, -0.2) is 13.1 Å². The number of nitrogens with one attached hydrogen (secondary N) is 1. The van der Waals surface area contributed by atoms with Crippen LogP contribution in [0.15, 0.2) is 28.7 Å². The van der Waals surface area contributed by atoms with Gasteiger partial charge in [0.2, 0.25) is 0 Å². The van der Waals surface area contributed by atoms with Crippen molar-refractivity contribution in [1.82, 2.24) is 5.32 Å². The molecule has 0 radical (unpaired) electrons. The van der Waals surface area contributed by atoms with Crippen molar-refractivity contribution in [3.05, 3.63) is 34.3 Å². The average Bonchev–Trinajstić information content (AvgIpc) is 2.23. The summed E-state index contributed by atoms with van der Waals surface area (Å²) in [5.74, 6) is 0. The zero-order valence-electron chi connectivity index (χ0n) is 11.0. The summed E-state index contributed by atoms with van der Waals surface area (Å²) in [4.78, 5) is 0. The molecule has 0 unspecified atom stereocenters. The Kier molecular flexibility index (Phi) is 3.65. The zero-order valence-corrected chi connectivity index (χ0v) is 12.6. The van der Waals surface area contributed by atoms with E-state index in [1.165, 1.54) is 22.9 Å². The SMILES string of the molecule is CCNCC1(c2cccc(Br)c2)CC(C)(C)C1. The predicted octanol–water partition coefficient (Wildman–Crippen LogP) is 4.12. The molecule has 0 spiro atoms. The lowest BCUT2D eigenvalue weighted by Gasteiger charge is -2.54. The second-order valence-electron chi connectivity index (χ2n) is 6.09. The Morgan fingerprint density at radius 2 is 2.00 bits per heavy atom. The van der Waals surface area contributed by atoms with Crippen LogP contribution in [0, 0.1) is 5.41 Å². The molecule has 1 aromatic carbocycles. The molecule has 1 N–H and O–H groups in total. The zero-order chi connectivity index (χ0) is 12.5. The molecule has 1 saturated carbocycles. The van der Waals surface area contributed by atoms with Crippen molar-refractivity contribution in [2.24, 2.45) is 5.41 Å². The Bertz CT molecular complexity index is 390. The topological polar surface area (TPSA) is 12.0 Å². The molecule has 2 rings (SSSR count). The number of hydrogen-bond acceptors (Lipinski definition) is 1. The van der Waals surface area contributed by atoms with Crippen molar-refractivity contribution in [3.63, 3.8) is 0 Å². The monoisotopic (exact) mass is 295 g/mol. The van der Waals surface area contributed by atoms with Crippen LogP contribution in [0.2, 0.25) is 0 Å². The minimum atomic E-state index is 0.350. The number of likely N-dealkylation sites (N-methyl/N-ethyl adjacent to an activating group) is 1. The van der Waals surface area contributed by atoms with Gasteiger partial charge in [-0.25, -0.2) is 0 Å². The van der Waals surface area contributed by atoms with E-state index in [1.54, 1.807) is 0 Å². The lowest BCUT2D eigenvalue weighted by atomic mass is 9.52. The van der Waals surface area contributed by atoms with Crippen molar-refractivity contribution in [2.75, 3.05) is 13.1 Å². The molecule has 1 aliphatic carbocycles. The summed E-state index contributed by atoms with van der Waals surface area (Å²) in [6.07, 6.45) is 2.56. The minimum absolute atomic E-state index is 0.350. The molecule has 94 valence electrons.